The Morgan fingerprint density at radius 1 is 0.957 bits per heavy atom. The predicted octanol–water partition coefficient (Wildman–Crippen LogP) is 4.16. The number of piperazine rings is 1. The Hall–Kier alpha value is -4.13. The summed E-state index contributed by atoms with van der Waals surface area (Å²) < 4.78 is 31.0. The first-order chi connectivity index (χ1) is 22.3. The van der Waals surface area contributed by atoms with Crippen LogP contribution in [0.4, 0.5) is 4.79 Å². The Bertz CT molecular complexity index is 1470. The summed E-state index contributed by atoms with van der Waals surface area (Å²) in [6, 6.07) is 11.4. The van der Waals surface area contributed by atoms with Crippen molar-refractivity contribution in [1.82, 2.24) is 34.9 Å². The second-order valence-electron chi connectivity index (χ2n) is 10.5. The van der Waals surface area contributed by atoms with Crippen LogP contribution in [0.5, 0.6) is 0 Å². The highest BCUT2D eigenvalue weighted by Crippen LogP contribution is 2.48. The van der Waals surface area contributed by atoms with Gasteiger partial charge in [0.25, 0.3) is 5.91 Å². The van der Waals surface area contributed by atoms with Gasteiger partial charge in [-0.25, -0.2) is 19.4 Å². The number of nitrogens with zero attached hydrogens (tertiary/aromatic N) is 6. The molecule has 3 aromatic rings. The zero-order valence-corrected chi connectivity index (χ0v) is 27.4. The summed E-state index contributed by atoms with van der Waals surface area (Å²) in [5.41, 5.74) is 0.716. The Kier molecular flexibility index (Phi) is 12.8. The van der Waals surface area contributed by atoms with Crippen molar-refractivity contribution >= 4 is 25.5 Å². The number of hydrogen-bond donors (Lipinski definition) is 1. The van der Waals surface area contributed by atoms with Crippen molar-refractivity contribution in [2.75, 3.05) is 52.2 Å². The fourth-order valence-corrected chi connectivity index (χ4v) is 6.54. The van der Waals surface area contributed by atoms with Crippen molar-refractivity contribution < 1.29 is 32.7 Å². The van der Waals surface area contributed by atoms with Gasteiger partial charge in [0.15, 0.2) is 11.6 Å². The zero-order valence-electron chi connectivity index (χ0n) is 26.5. The number of ether oxygens (including phenoxy) is 1. The van der Waals surface area contributed by atoms with E-state index in [9.17, 15) is 18.9 Å². The number of rotatable bonds is 15. The fourth-order valence-electron chi connectivity index (χ4n) is 4.85. The highest BCUT2D eigenvalue weighted by Gasteiger charge is 2.34. The van der Waals surface area contributed by atoms with Crippen molar-refractivity contribution in [3.05, 3.63) is 60.6 Å². The van der Waals surface area contributed by atoms with Crippen molar-refractivity contribution in [1.29, 1.82) is 0 Å². The van der Waals surface area contributed by atoms with Gasteiger partial charge in [-0.15, -0.1) is 0 Å². The Morgan fingerprint density at radius 3 is 2.28 bits per heavy atom. The van der Waals surface area contributed by atoms with E-state index in [0.29, 0.717) is 23.8 Å². The molecule has 3 heterocycles. The van der Waals surface area contributed by atoms with Crippen molar-refractivity contribution in [2.24, 2.45) is 0 Å². The second kappa shape index (κ2) is 17.0. The molecule has 0 bridgehead atoms. The molecule has 1 fully saturated rings. The first-order valence-corrected chi connectivity index (χ1v) is 17.3. The maximum absolute atomic E-state index is 13.9. The summed E-state index contributed by atoms with van der Waals surface area (Å²) in [5, 5.41) is 7.06. The van der Waals surface area contributed by atoms with E-state index in [1.165, 1.54) is 10.7 Å². The summed E-state index contributed by atoms with van der Waals surface area (Å²) in [6.45, 7) is 7.17. The molecule has 1 aliphatic rings. The lowest BCUT2D eigenvalue weighted by Crippen LogP contribution is -2.56. The number of aromatic nitrogens is 4. The molecule has 248 valence electrons. The molecule has 0 spiro atoms. The smallest absolute Gasteiger partial charge is 0.409 e. The highest BCUT2D eigenvalue weighted by molar-refractivity contribution is 7.53. The molecule has 4 rings (SSSR count). The van der Waals surface area contributed by atoms with Crippen LogP contribution < -0.4 is 5.32 Å². The van der Waals surface area contributed by atoms with Gasteiger partial charge in [0.05, 0.1) is 26.0 Å². The maximum Gasteiger partial charge on any atom is 0.409 e. The number of amides is 3. The lowest BCUT2D eigenvalue weighted by Gasteiger charge is -2.36. The quantitative estimate of drug-likeness (QED) is 0.186. The molecule has 1 aromatic carbocycles. The largest absolute Gasteiger partial charge is 0.449 e. The molecule has 0 saturated carbocycles. The molecule has 3 amide bonds. The van der Waals surface area contributed by atoms with E-state index in [1.54, 1.807) is 42.1 Å². The fraction of sp³-hybridized carbons (Fsp3) is 0.484. The summed E-state index contributed by atoms with van der Waals surface area (Å²) >= 11 is 0. The Morgan fingerprint density at radius 2 is 1.65 bits per heavy atom. The van der Waals surface area contributed by atoms with Crippen molar-refractivity contribution in [2.45, 2.75) is 46.1 Å². The zero-order chi connectivity index (χ0) is 32.9. The SMILES string of the molecule is CCCCOC(=O)N1CCN(C(=O)[C@H](CCP(=O)(OCC)OCC)NC(=O)c2cc(-n3cccn3)nc(-c3ccccc3)n2)CC1. The van der Waals surface area contributed by atoms with Gasteiger partial charge in [0.1, 0.15) is 11.7 Å². The van der Waals surface area contributed by atoms with Gasteiger partial charge in [-0.1, -0.05) is 43.7 Å². The van der Waals surface area contributed by atoms with Gasteiger partial charge in [-0.2, -0.15) is 5.10 Å². The van der Waals surface area contributed by atoms with E-state index in [4.69, 9.17) is 13.8 Å². The van der Waals surface area contributed by atoms with Gasteiger partial charge in [0, 0.05) is 50.2 Å². The third-order valence-corrected chi connectivity index (χ3v) is 9.35. The van der Waals surface area contributed by atoms with Crippen LogP contribution in [-0.4, -0.2) is 106 Å². The Balaban J connectivity index is 1.56. The molecular weight excluding hydrogens is 613 g/mol. The summed E-state index contributed by atoms with van der Waals surface area (Å²) in [5.74, 6) is -0.324. The van der Waals surface area contributed by atoms with Crippen LogP contribution in [0, 0.1) is 0 Å². The van der Waals surface area contributed by atoms with E-state index in [-0.39, 0.29) is 63.6 Å². The molecule has 0 radical (unpaired) electrons. The minimum absolute atomic E-state index is 0.0102. The lowest BCUT2D eigenvalue weighted by molar-refractivity contribution is -0.134. The van der Waals surface area contributed by atoms with E-state index < -0.39 is 25.6 Å². The predicted molar refractivity (Wildman–Crippen MR) is 171 cm³/mol. The average Bonchev–Trinajstić information content (AvgIpc) is 3.62. The van der Waals surface area contributed by atoms with Crippen LogP contribution in [0.1, 0.15) is 50.5 Å². The third kappa shape index (κ3) is 9.44. The molecule has 1 aliphatic heterocycles. The second-order valence-corrected chi connectivity index (χ2v) is 12.7. The van der Waals surface area contributed by atoms with Crippen LogP contribution in [0.2, 0.25) is 0 Å². The normalized spacial score (nSPS) is 14.2. The average molecular weight is 656 g/mol. The maximum atomic E-state index is 13.9. The number of unbranched alkanes of at least 4 members (excludes halogenated alkanes) is 1. The minimum atomic E-state index is -3.52. The highest BCUT2D eigenvalue weighted by atomic mass is 31.2. The molecule has 1 atom stereocenters. The van der Waals surface area contributed by atoms with Gasteiger partial charge in [-0.3, -0.25) is 14.2 Å². The van der Waals surface area contributed by atoms with E-state index in [1.807, 2.05) is 37.3 Å². The van der Waals surface area contributed by atoms with Crippen LogP contribution in [0.15, 0.2) is 54.9 Å². The molecular formula is C31H42N7O7P. The number of nitrogens with one attached hydrogen (secondary N) is 1. The summed E-state index contributed by atoms with van der Waals surface area (Å²) in [4.78, 5) is 52.4. The third-order valence-electron chi connectivity index (χ3n) is 7.24. The summed E-state index contributed by atoms with van der Waals surface area (Å²) in [7, 11) is -3.52. The van der Waals surface area contributed by atoms with Gasteiger partial charge < -0.3 is 28.9 Å². The molecule has 1 saturated heterocycles. The molecule has 1 N–H and O–H groups in total. The van der Waals surface area contributed by atoms with E-state index in [0.717, 1.165) is 12.8 Å². The van der Waals surface area contributed by atoms with Crippen LogP contribution >= 0.6 is 7.60 Å². The molecule has 14 nitrogen and oxygen atoms in total. The standard InChI is InChI=1S/C31H42N7O7P/c1-4-7-21-43-31(41)37-19-17-36(18-20-37)30(40)25(14-22-46(42,44-5-2)45-6-3)34-29(39)26-23-27(38-16-11-15-32-38)35-28(33-26)24-12-9-8-10-13-24/h8-13,15-16,23,25H,4-7,14,17-22H2,1-3H3,(H,34,39)/t25-/m0/s1. The first kappa shape index (κ1) is 34.7. The molecule has 0 aliphatic carbocycles. The van der Waals surface area contributed by atoms with Crippen molar-refractivity contribution in [3.63, 3.8) is 0 Å². The number of benzene rings is 1. The molecule has 15 heteroatoms. The Labute approximate surface area is 269 Å². The first-order valence-electron chi connectivity index (χ1n) is 15.6. The molecule has 46 heavy (non-hydrogen) atoms. The van der Waals surface area contributed by atoms with Gasteiger partial charge in [-0.05, 0) is 32.8 Å². The summed E-state index contributed by atoms with van der Waals surface area (Å²) in [6.07, 6.45) is 4.47. The monoisotopic (exact) mass is 655 g/mol. The topological polar surface area (TPSA) is 158 Å². The van der Waals surface area contributed by atoms with Gasteiger partial charge >= 0.3 is 13.7 Å². The van der Waals surface area contributed by atoms with Crippen molar-refractivity contribution in [3.8, 4) is 17.2 Å². The van der Waals surface area contributed by atoms with Gasteiger partial charge in [0.2, 0.25) is 5.91 Å². The van der Waals surface area contributed by atoms with Crippen LogP contribution in [-0.2, 0) is 23.1 Å². The van der Waals surface area contributed by atoms with Crippen LogP contribution in [0.3, 0.4) is 0 Å². The lowest BCUT2D eigenvalue weighted by atomic mass is 10.1. The van der Waals surface area contributed by atoms with E-state index in [2.05, 4.69) is 20.4 Å². The van der Waals surface area contributed by atoms with E-state index >= 15 is 0 Å². The molecule has 2 aromatic heterocycles. The number of hydrogen-bond acceptors (Lipinski definition) is 10. The van der Waals surface area contributed by atoms with Crippen LogP contribution in [0.25, 0.3) is 17.2 Å². The number of carbonyl (C=O) groups excluding carboxylic acids is 3. The molecule has 0 unspecified atom stereocenters. The number of carbonyl (C=O) groups is 3. The minimum Gasteiger partial charge on any atom is -0.449 e.